The highest BCUT2D eigenvalue weighted by atomic mass is 32.2. The lowest BCUT2D eigenvalue weighted by Crippen LogP contribution is -2.03. The molecular weight excluding hydrogens is 388 g/mol. The number of aromatic nitrogens is 6. The molecule has 4 rings (SSSR count). The zero-order chi connectivity index (χ0) is 19.3. The maximum atomic E-state index is 5.29. The van der Waals surface area contributed by atoms with Gasteiger partial charge in [-0.05, 0) is 24.4 Å². The second kappa shape index (κ2) is 8.37. The maximum absolute atomic E-state index is 5.29. The SMILES string of the molecule is C=CCn1c(CSc2nnc(-c3ccccc3)n2-c2ccccc2)n[nH]c1=S. The Labute approximate surface area is 172 Å². The monoisotopic (exact) mass is 406 g/mol. The molecule has 0 unspecified atom stereocenters. The van der Waals surface area contributed by atoms with Crippen LogP contribution in [0.5, 0.6) is 0 Å². The lowest BCUT2D eigenvalue weighted by atomic mass is 10.2. The van der Waals surface area contributed by atoms with Crippen LogP contribution in [0.4, 0.5) is 0 Å². The first-order valence-electron chi connectivity index (χ1n) is 8.72. The van der Waals surface area contributed by atoms with Crippen LogP contribution in [0.2, 0.25) is 0 Å². The van der Waals surface area contributed by atoms with Crippen molar-refractivity contribution in [2.45, 2.75) is 17.5 Å². The van der Waals surface area contributed by atoms with Gasteiger partial charge >= 0.3 is 0 Å². The van der Waals surface area contributed by atoms with Crippen LogP contribution in [-0.4, -0.2) is 29.5 Å². The Morgan fingerprint density at radius 1 is 1.04 bits per heavy atom. The van der Waals surface area contributed by atoms with Gasteiger partial charge in [-0.3, -0.25) is 14.2 Å². The number of nitrogens with one attached hydrogen (secondary N) is 1. The van der Waals surface area contributed by atoms with Crippen molar-refractivity contribution in [1.82, 2.24) is 29.5 Å². The molecule has 0 aliphatic carbocycles. The molecule has 0 aliphatic heterocycles. The summed E-state index contributed by atoms with van der Waals surface area (Å²) in [7, 11) is 0. The van der Waals surface area contributed by atoms with Gasteiger partial charge < -0.3 is 0 Å². The molecule has 0 fully saturated rings. The number of benzene rings is 2. The van der Waals surface area contributed by atoms with E-state index in [1.165, 1.54) is 0 Å². The fourth-order valence-electron chi connectivity index (χ4n) is 2.85. The summed E-state index contributed by atoms with van der Waals surface area (Å²) in [6, 6.07) is 20.2. The van der Waals surface area contributed by atoms with Crippen LogP contribution in [0.3, 0.4) is 0 Å². The highest BCUT2D eigenvalue weighted by molar-refractivity contribution is 7.98. The summed E-state index contributed by atoms with van der Waals surface area (Å²) in [5.41, 5.74) is 2.03. The van der Waals surface area contributed by atoms with Crippen molar-refractivity contribution in [1.29, 1.82) is 0 Å². The third-order valence-corrected chi connectivity index (χ3v) is 5.40. The average Bonchev–Trinajstić information content (AvgIpc) is 3.32. The summed E-state index contributed by atoms with van der Waals surface area (Å²) in [4.78, 5) is 0. The minimum atomic E-state index is 0.588. The van der Waals surface area contributed by atoms with Crippen LogP contribution in [-0.2, 0) is 12.3 Å². The lowest BCUT2D eigenvalue weighted by Gasteiger charge is -2.10. The minimum Gasteiger partial charge on any atom is -0.300 e. The van der Waals surface area contributed by atoms with Crippen molar-refractivity contribution in [3.8, 4) is 17.1 Å². The van der Waals surface area contributed by atoms with E-state index < -0.39 is 0 Å². The quantitative estimate of drug-likeness (QED) is 0.275. The first-order valence-corrected chi connectivity index (χ1v) is 10.1. The fourth-order valence-corrected chi connectivity index (χ4v) is 3.98. The molecule has 0 saturated heterocycles. The van der Waals surface area contributed by atoms with E-state index in [0.717, 1.165) is 28.1 Å². The molecule has 0 aliphatic rings. The van der Waals surface area contributed by atoms with E-state index in [2.05, 4.69) is 31.5 Å². The van der Waals surface area contributed by atoms with Crippen molar-refractivity contribution in [3.05, 3.63) is 83.9 Å². The molecule has 0 bridgehead atoms. The number of nitrogens with zero attached hydrogens (tertiary/aromatic N) is 5. The second-order valence-corrected chi connectivity index (χ2v) is 7.31. The van der Waals surface area contributed by atoms with Gasteiger partial charge in [0.15, 0.2) is 15.8 Å². The standard InChI is InChI=1S/C20H18N6S2/c1-2-13-25-17(21-23-19(25)27)14-28-20-24-22-18(15-9-5-3-6-10-15)26(20)16-11-7-4-8-12-16/h2-12H,1,13-14H2,(H,23,27). The molecule has 0 atom stereocenters. The molecule has 8 heteroatoms. The number of rotatable bonds is 7. The van der Waals surface area contributed by atoms with E-state index in [1.807, 2.05) is 65.2 Å². The predicted molar refractivity (Wildman–Crippen MR) is 114 cm³/mol. The topological polar surface area (TPSA) is 64.3 Å². The van der Waals surface area contributed by atoms with E-state index >= 15 is 0 Å². The molecule has 0 radical (unpaired) electrons. The van der Waals surface area contributed by atoms with Gasteiger partial charge in [0, 0.05) is 17.8 Å². The van der Waals surface area contributed by atoms with Crippen molar-refractivity contribution < 1.29 is 0 Å². The predicted octanol–water partition coefficient (Wildman–Crippen LogP) is 4.67. The Morgan fingerprint density at radius 3 is 2.46 bits per heavy atom. The molecule has 0 saturated carbocycles. The molecule has 6 nitrogen and oxygen atoms in total. The van der Waals surface area contributed by atoms with Gasteiger partial charge in [0.1, 0.15) is 5.82 Å². The molecule has 1 N–H and O–H groups in total. The third kappa shape index (κ3) is 3.69. The Kier molecular flexibility index (Phi) is 5.50. The Hall–Kier alpha value is -2.97. The van der Waals surface area contributed by atoms with Gasteiger partial charge in [-0.2, -0.15) is 5.10 Å². The van der Waals surface area contributed by atoms with Gasteiger partial charge in [0.2, 0.25) is 0 Å². The normalized spacial score (nSPS) is 10.9. The van der Waals surface area contributed by atoms with Crippen LogP contribution >= 0.6 is 24.0 Å². The van der Waals surface area contributed by atoms with Gasteiger partial charge in [0.25, 0.3) is 0 Å². The summed E-state index contributed by atoms with van der Waals surface area (Å²) < 4.78 is 4.58. The lowest BCUT2D eigenvalue weighted by molar-refractivity contribution is 0.764. The number of allylic oxidation sites excluding steroid dienone is 1. The molecule has 2 aromatic heterocycles. The molecule has 0 spiro atoms. The fraction of sp³-hybridized carbons (Fsp3) is 0.100. The Balaban J connectivity index is 1.71. The highest BCUT2D eigenvalue weighted by Gasteiger charge is 2.17. The molecular formula is C20H18N6S2. The molecule has 0 amide bonds. The van der Waals surface area contributed by atoms with E-state index in [0.29, 0.717) is 17.1 Å². The van der Waals surface area contributed by atoms with E-state index in [4.69, 9.17) is 12.2 Å². The average molecular weight is 407 g/mol. The largest absolute Gasteiger partial charge is 0.300 e. The molecule has 28 heavy (non-hydrogen) atoms. The van der Waals surface area contributed by atoms with Gasteiger partial charge in [-0.25, -0.2) is 0 Å². The first kappa shape index (κ1) is 18.4. The van der Waals surface area contributed by atoms with Crippen LogP contribution in [0.15, 0.2) is 78.5 Å². The van der Waals surface area contributed by atoms with Crippen LogP contribution in [0.1, 0.15) is 5.82 Å². The smallest absolute Gasteiger partial charge is 0.196 e. The molecule has 2 heterocycles. The minimum absolute atomic E-state index is 0.588. The summed E-state index contributed by atoms with van der Waals surface area (Å²) in [5.74, 6) is 2.26. The maximum Gasteiger partial charge on any atom is 0.196 e. The third-order valence-electron chi connectivity index (χ3n) is 4.16. The molecule has 140 valence electrons. The zero-order valence-corrected chi connectivity index (χ0v) is 16.7. The van der Waals surface area contributed by atoms with Crippen LogP contribution in [0.25, 0.3) is 17.1 Å². The summed E-state index contributed by atoms with van der Waals surface area (Å²) in [6.07, 6.45) is 1.81. The number of para-hydroxylation sites is 1. The van der Waals surface area contributed by atoms with Gasteiger partial charge in [-0.1, -0.05) is 66.4 Å². The second-order valence-electron chi connectivity index (χ2n) is 5.98. The number of hydrogen-bond donors (Lipinski definition) is 1. The molecule has 4 aromatic rings. The summed E-state index contributed by atoms with van der Waals surface area (Å²) >= 11 is 6.86. The van der Waals surface area contributed by atoms with Crippen molar-refractivity contribution >= 4 is 24.0 Å². The summed E-state index contributed by atoms with van der Waals surface area (Å²) in [5, 5.41) is 16.9. The number of hydrogen-bond acceptors (Lipinski definition) is 5. The van der Waals surface area contributed by atoms with Crippen LogP contribution < -0.4 is 0 Å². The van der Waals surface area contributed by atoms with Gasteiger partial charge in [-0.15, -0.1) is 16.8 Å². The molecule has 2 aromatic carbocycles. The van der Waals surface area contributed by atoms with E-state index in [-0.39, 0.29) is 0 Å². The van der Waals surface area contributed by atoms with Crippen LogP contribution in [0, 0.1) is 4.77 Å². The number of aromatic amines is 1. The van der Waals surface area contributed by atoms with E-state index in [9.17, 15) is 0 Å². The zero-order valence-electron chi connectivity index (χ0n) is 15.0. The van der Waals surface area contributed by atoms with Gasteiger partial charge in [0.05, 0.1) is 5.75 Å². The Bertz CT molecular complexity index is 1130. The number of H-pyrrole nitrogens is 1. The summed E-state index contributed by atoms with van der Waals surface area (Å²) in [6.45, 7) is 4.40. The number of thioether (sulfide) groups is 1. The van der Waals surface area contributed by atoms with Crippen molar-refractivity contribution in [2.24, 2.45) is 0 Å². The Morgan fingerprint density at radius 2 is 1.75 bits per heavy atom. The first-order chi connectivity index (χ1) is 13.8. The van der Waals surface area contributed by atoms with Crippen molar-refractivity contribution in [3.63, 3.8) is 0 Å². The van der Waals surface area contributed by atoms with Crippen molar-refractivity contribution in [2.75, 3.05) is 0 Å². The highest BCUT2D eigenvalue weighted by Crippen LogP contribution is 2.29. The van der Waals surface area contributed by atoms with E-state index in [1.54, 1.807) is 17.8 Å².